The summed E-state index contributed by atoms with van der Waals surface area (Å²) < 4.78 is 79.0. The van der Waals surface area contributed by atoms with E-state index in [4.69, 9.17) is 11.0 Å². The topological polar surface area (TPSA) is 0 Å². The Hall–Kier alpha value is -5.20. The van der Waals surface area contributed by atoms with E-state index in [1.165, 1.54) is 0 Å². The summed E-state index contributed by atoms with van der Waals surface area (Å²) in [4.78, 5) is 0. The van der Waals surface area contributed by atoms with E-state index in [2.05, 4.69) is 0 Å². The Morgan fingerprint density at radius 3 is 1.57 bits per heavy atom. The van der Waals surface area contributed by atoms with E-state index in [1.807, 2.05) is 91.0 Å². The summed E-state index contributed by atoms with van der Waals surface area (Å²) in [5, 5.41) is 5.72. The molecule has 0 saturated heterocycles. The molecule has 0 unspecified atom stereocenters. The van der Waals surface area contributed by atoms with Gasteiger partial charge in [0.2, 0.25) is 0 Å². The second kappa shape index (κ2) is 9.22. The number of rotatable bonds is 3. The number of fused-ring (bicyclic) bond motifs is 4. The zero-order valence-electron chi connectivity index (χ0n) is 30.3. The van der Waals surface area contributed by atoms with E-state index in [9.17, 15) is 1.37 Å². The fraction of sp³-hybridized carbons (Fsp3) is 0. The molecular weight excluding hydrogens is 480 g/mol. The second-order valence-corrected chi connectivity index (χ2v) is 9.81. The van der Waals surface area contributed by atoms with Crippen LogP contribution in [0.1, 0.15) is 12.3 Å². The van der Waals surface area contributed by atoms with Crippen molar-refractivity contribution in [2.75, 3.05) is 0 Å². The van der Waals surface area contributed by atoms with Crippen LogP contribution in [0.25, 0.3) is 76.5 Å². The molecule has 0 aliphatic heterocycles. The van der Waals surface area contributed by atoms with E-state index in [-0.39, 0.29) is 41.8 Å². The van der Waals surface area contributed by atoms with Gasteiger partial charge in [0.15, 0.2) is 0 Å². The molecule has 8 rings (SSSR count). The molecule has 0 spiro atoms. The molecule has 0 heterocycles. The molecule has 0 heteroatoms. The molecular formula is C40H26. The van der Waals surface area contributed by atoms with Gasteiger partial charge in [-0.15, -0.1) is 0 Å². The molecule has 0 nitrogen and oxygen atoms in total. The molecule has 0 aliphatic rings. The first-order chi connectivity index (χ1) is 23.6. The Bertz CT molecular complexity index is 2630. The SMILES string of the molecule is [2H]c1cc2c(-c3c4ccccc4c(-c4c([2H])c([2H])c([2H])c([2H])c4[2H])c4ccccc34)c([2H])c([2H])cc2c(-c2ccc3ccccc3c2)c1[2H]. The molecule has 0 amide bonds. The van der Waals surface area contributed by atoms with Gasteiger partial charge < -0.3 is 0 Å². The van der Waals surface area contributed by atoms with E-state index in [1.54, 1.807) is 12.1 Å². The Morgan fingerprint density at radius 2 is 0.900 bits per heavy atom. The maximum atomic E-state index is 9.31. The molecule has 0 saturated carbocycles. The predicted octanol–water partition coefficient (Wildman–Crippen LogP) is 11.3. The van der Waals surface area contributed by atoms with E-state index >= 15 is 0 Å². The summed E-state index contributed by atoms with van der Waals surface area (Å²) in [7, 11) is 0. The third-order valence-corrected chi connectivity index (χ3v) is 7.63. The fourth-order valence-corrected chi connectivity index (χ4v) is 5.88. The number of hydrogen-bond acceptors (Lipinski definition) is 0. The highest BCUT2D eigenvalue weighted by Crippen LogP contribution is 2.46. The van der Waals surface area contributed by atoms with Gasteiger partial charge in [-0.25, -0.2) is 0 Å². The van der Waals surface area contributed by atoms with Gasteiger partial charge in [0.05, 0.1) is 12.3 Å². The van der Waals surface area contributed by atoms with Crippen LogP contribution < -0.4 is 0 Å². The van der Waals surface area contributed by atoms with Crippen molar-refractivity contribution >= 4 is 43.1 Å². The molecule has 0 N–H and O–H groups in total. The van der Waals surface area contributed by atoms with Crippen molar-refractivity contribution in [3.05, 3.63) is 158 Å². The summed E-state index contributed by atoms with van der Waals surface area (Å²) in [5.41, 5.74) is 2.87. The zero-order valence-corrected chi connectivity index (χ0v) is 21.3. The Kier molecular flexibility index (Phi) is 3.55. The van der Waals surface area contributed by atoms with Crippen LogP contribution in [0.3, 0.4) is 0 Å². The van der Waals surface area contributed by atoms with Gasteiger partial charge in [-0.1, -0.05) is 151 Å². The molecule has 8 aromatic carbocycles. The highest BCUT2D eigenvalue weighted by molar-refractivity contribution is 6.24. The van der Waals surface area contributed by atoms with Crippen molar-refractivity contribution in [3.63, 3.8) is 0 Å². The quantitative estimate of drug-likeness (QED) is 0.205. The molecule has 0 radical (unpaired) electrons. The van der Waals surface area contributed by atoms with Crippen molar-refractivity contribution in [1.29, 1.82) is 0 Å². The Morgan fingerprint density at radius 1 is 0.350 bits per heavy atom. The Balaban J connectivity index is 1.55. The molecule has 186 valence electrons. The molecule has 0 aromatic heterocycles. The van der Waals surface area contributed by atoms with Crippen LogP contribution >= 0.6 is 0 Å². The average molecular weight is 516 g/mol. The third kappa shape index (κ3) is 3.54. The summed E-state index contributed by atoms with van der Waals surface area (Å²) >= 11 is 0. The van der Waals surface area contributed by atoms with Crippen molar-refractivity contribution in [2.24, 2.45) is 0 Å². The van der Waals surface area contributed by atoms with Crippen molar-refractivity contribution < 1.29 is 12.3 Å². The summed E-state index contributed by atoms with van der Waals surface area (Å²) in [6.45, 7) is 0. The van der Waals surface area contributed by atoms with Crippen LogP contribution in [0.15, 0.2) is 158 Å². The van der Waals surface area contributed by atoms with Crippen LogP contribution in [-0.2, 0) is 0 Å². The van der Waals surface area contributed by atoms with Gasteiger partial charge in [0.25, 0.3) is 0 Å². The summed E-state index contributed by atoms with van der Waals surface area (Å²) in [6.07, 6.45) is 0. The Labute approximate surface area is 246 Å². The standard InChI is InChI=1S/C40H26/c1-2-13-28(14-3-1)39-35-16-6-8-18-37(35)40(38-19-9-7-17-36(38)39)34-23-11-21-32-31(20-10-22-33(32)34)30-25-24-27-12-4-5-15-29(27)26-30/h1-26H/i1D,2D,3D,10D,11D,13D,14D,20D,23D. The maximum Gasteiger partial charge on any atom is 0.0629 e. The van der Waals surface area contributed by atoms with Gasteiger partial charge >= 0.3 is 0 Å². The van der Waals surface area contributed by atoms with Crippen LogP contribution in [-0.4, -0.2) is 0 Å². The van der Waals surface area contributed by atoms with Crippen molar-refractivity contribution in [2.45, 2.75) is 0 Å². The first-order valence-electron chi connectivity index (χ1n) is 17.6. The lowest BCUT2D eigenvalue weighted by Gasteiger charge is -2.19. The highest BCUT2D eigenvalue weighted by Gasteiger charge is 2.18. The number of hydrogen-bond donors (Lipinski definition) is 0. The molecule has 0 atom stereocenters. The predicted molar refractivity (Wildman–Crippen MR) is 173 cm³/mol. The van der Waals surface area contributed by atoms with Crippen molar-refractivity contribution in [3.8, 4) is 33.4 Å². The minimum Gasteiger partial charge on any atom is -0.0622 e. The summed E-state index contributed by atoms with van der Waals surface area (Å²) in [5.74, 6) is 0. The smallest absolute Gasteiger partial charge is 0.0622 e. The second-order valence-electron chi connectivity index (χ2n) is 9.81. The van der Waals surface area contributed by atoms with Gasteiger partial charge in [0, 0.05) is 0 Å². The first-order valence-corrected chi connectivity index (χ1v) is 13.1. The molecule has 0 fully saturated rings. The molecule has 8 aromatic rings. The van der Waals surface area contributed by atoms with Crippen molar-refractivity contribution in [1.82, 2.24) is 0 Å². The lowest BCUT2D eigenvalue weighted by Crippen LogP contribution is -1.92. The zero-order chi connectivity index (χ0) is 34.3. The van der Waals surface area contributed by atoms with Gasteiger partial charge in [0.1, 0.15) is 0 Å². The first kappa shape index (κ1) is 15.4. The van der Waals surface area contributed by atoms with Crippen LogP contribution in [0.5, 0.6) is 0 Å². The van der Waals surface area contributed by atoms with Gasteiger partial charge in [-0.2, -0.15) is 0 Å². The number of benzene rings is 8. The summed E-state index contributed by atoms with van der Waals surface area (Å²) in [6, 6.07) is 29.8. The van der Waals surface area contributed by atoms with Gasteiger partial charge in [-0.05, 0) is 82.5 Å². The van der Waals surface area contributed by atoms with E-state index in [0.717, 1.165) is 16.3 Å². The maximum absolute atomic E-state index is 9.31. The van der Waals surface area contributed by atoms with Crippen LogP contribution in [0.4, 0.5) is 0 Å². The monoisotopic (exact) mass is 515 g/mol. The van der Waals surface area contributed by atoms with Crippen LogP contribution in [0, 0.1) is 0 Å². The van der Waals surface area contributed by atoms with E-state index < -0.39 is 18.1 Å². The lowest BCUT2D eigenvalue weighted by molar-refractivity contribution is 1.65. The fourth-order valence-electron chi connectivity index (χ4n) is 5.88. The van der Waals surface area contributed by atoms with E-state index in [0.29, 0.717) is 54.6 Å². The molecule has 40 heavy (non-hydrogen) atoms. The molecule has 0 bridgehead atoms. The van der Waals surface area contributed by atoms with Gasteiger partial charge in [-0.3, -0.25) is 0 Å². The lowest BCUT2D eigenvalue weighted by atomic mass is 9.84. The normalized spacial score (nSPS) is 14.7. The highest BCUT2D eigenvalue weighted by atomic mass is 14.2. The third-order valence-electron chi connectivity index (χ3n) is 7.63. The minimum absolute atomic E-state index is 0.0154. The largest absolute Gasteiger partial charge is 0.0629 e. The van der Waals surface area contributed by atoms with Crippen LogP contribution in [0.2, 0.25) is 0 Å². The average Bonchev–Trinajstić information content (AvgIpc) is 3.11. The molecule has 0 aliphatic carbocycles. The minimum atomic E-state index is -0.469.